The fourth-order valence-electron chi connectivity index (χ4n) is 1.99. The second-order valence-electron chi connectivity index (χ2n) is 4.00. The second-order valence-corrected chi connectivity index (χ2v) is 4.00. The third-order valence-corrected chi connectivity index (χ3v) is 2.89. The fourth-order valence-corrected chi connectivity index (χ4v) is 1.99. The van der Waals surface area contributed by atoms with Gasteiger partial charge in [0.05, 0.1) is 13.2 Å². The molecule has 1 fully saturated rings. The number of carboxylic acid groups (broad SMARTS) is 1. The van der Waals surface area contributed by atoms with Crippen molar-refractivity contribution in [1.82, 2.24) is 10.2 Å². The molecule has 1 saturated heterocycles. The normalized spacial score (nSPS) is 18.6. The largest absolute Gasteiger partial charge is 0.497 e. The van der Waals surface area contributed by atoms with Crippen LogP contribution in [0.4, 0.5) is 4.79 Å². The number of nitrogens with one attached hydrogen (secondary N) is 1. The predicted octanol–water partition coefficient (Wildman–Crippen LogP) is 0.846. The number of nitrogens with zero attached hydrogens (tertiary/aromatic N) is 1. The number of carboxylic acids is 1. The summed E-state index contributed by atoms with van der Waals surface area (Å²) >= 11 is 0. The maximum Gasteiger partial charge on any atom is 0.323 e. The van der Waals surface area contributed by atoms with Crippen molar-refractivity contribution in [2.24, 2.45) is 0 Å². The van der Waals surface area contributed by atoms with Crippen LogP contribution in [0.15, 0.2) is 24.3 Å². The molecule has 1 aromatic carbocycles. The van der Waals surface area contributed by atoms with Gasteiger partial charge in [0.15, 0.2) is 0 Å². The van der Waals surface area contributed by atoms with Gasteiger partial charge in [-0.3, -0.25) is 4.79 Å². The van der Waals surface area contributed by atoms with E-state index in [1.807, 2.05) is 12.1 Å². The van der Waals surface area contributed by atoms with Crippen LogP contribution in [-0.4, -0.2) is 42.2 Å². The predicted molar refractivity (Wildman–Crippen MR) is 63.5 cm³/mol. The highest BCUT2D eigenvalue weighted by molar-refractivity contribution is 5.82. The number of hydrogen-bond acceptors (Lipinski definition) is 3. The van der Waals surface area contributed by atoms with E-state index in [2.05, 4.69) is 5.32 Å². The molecule has 2 amide bonds. The molecule has 1 aromatic rings. The third-order valence-electron chi connectivity index (χ3n) is 2.89. The molecule has 1 unspecified atom stereocenters. The number of aliphatic carboxylic acids is 1. The van der Waals surface area contributed by atoms with E-state index in [-0.39, 0.29) is 18.6 Å². The van der Waals surface area contributed by atoms with Gasteiger partial charge in [-0.2, -0.15) is 0 Å². The van der Waals surface area contributed by atoms with Gasteiger partial charge in [-0.1, -0.05) is 12.1 Å². The summed E-state index contributed by atoms with van der Waals surface area (Å²) in [5, 5.41) is 11.4. The molecule has 96 valence electrons. The summed E-state index contributed by atoms with van der Waals surface area (Å²) in [4.78, 5) is 23.6. The SMILES string of the molecule is COc1ccc(C2CNC(=O)N2CC(=O)O)cc1. The molecule has 1 atom stereocenters. The first kappa shape index (κ1) is 12.2. The molecule has 1 aliphatic rings. The van der Waals surface area contributed by atoms with Crippen molar-refractivity contribution in [3.8, 4) is 5.75 Å². The Morgan fingerprint density at radius 1 is 1.50 bits per heavy atom. The molecule has 1 aliphatic heterocycles. The van der Waals surface area contributed by atoms with Gasteiger partial charge < -0.3 is 20.1 Å². The minimum absolute atomic E-state index is 0.250. The minimum Gasteiger partial charge on any atom is -0.497 e. The zero-order valence-electron chi connectivity index (χ0n) is 9.92. The Morgan fingerprint density at radius 2 is 2.17 bits per heavy atom. The molecule has 2 N–H and O–H groups in total. The van der Waals surface area contributed by atoms with Crippen LogP contribution in [0.3, 0.4) is 0 Å². The summed E-state index contributed by atoms with van der Waals surface area (Å²) in [6.45, 7) is 0.112. The quantitative estimate of drug-likeness (QED) is 0.830. The van der Waals surface area contributed by atoms with Crippen molar-refractivity contribution in [3.63, 3.8) is 0 Å². The van der Waals surface area contributed by atoms with E-state index in [0.717, 1.165) is 11.3 Å². The van der Waals surface area contributed by atoms with Gasteiger partial charge in [0, 0.05) is 6.54 Å². The van der Waals surface area contributed by atoms with Crippen LogP contribution in [0, 0.1) is 0 Å². The summed E-state index contributed by atoms with van der Waals surface area (Å²) in [6, 6.07) is 6.64. The monoisotopic (exact) mass is 250 g/mol. The molecule has 0 spiro atoms. The number of rotatable bonds is 4. The Hall–Kier alpha value is -2.24. The van der Waals surface area contributed by atoms with Crippen LogP contribution in [0.5, 0.6) is 5.75 Å². The van der Waals surface area contributed by atoms with Crippen molar-refractivity contribution in [3.05, 3.63) is 29.8 Å². The summed E-state index contributed by atoms with van der Waals surface area (Å²) in [6.07, 6.45) is 0. The molecular weight excluding hydrogens is 236 g/mol. The smallest absolute Gasteiger partial charge is 0.323 e. The number of carbonyl (C=O) groups is 2. The maximum absolute atomic E-state index is 11.5. The first-order chi connectivity index (χ1) is 8.61. The number of ether oxygens (including phenoxy) is 1. The Balaban J connectivity index is 2.19. The van der Waals surface area contributed by atoms with Gasteiger partial charge in [-0.25, -0.2) is 4.79 Å². The molecule has 6 nitrogen and oxygen atoms in total. The van der Waals surface area contributed by atoms with Gasteiger partial charge in [0.25, 0.3) is 0 Å². The van der Waals surface area contributed by atoms with Crippen molar-refractivity contribution in [2.45, 2.75) is 6.04 Å². The van der Waals surface area contributed by atoms with Crippen LogP contribution < -0.4 is 10.1 Å². The zero-order chi connectivity index (χ0) is 13.1. The van der Waals surface area contributed by atoms with E-state index in [1.165, 1.54) is 4.90 Å². The molecule has 0 radical (unpaired) electrons. The van der Waals surface area contributed by atoms with Gasteiger partial charge >= 0.3 is 12.0 Å². The van der Waals surface area contributed by atoms with Crippen molar-refractivity contribution in [2.75, 3.05) is 20.2 Å². The van der Waals surface area contributed by atoms with Crippen LogP contribution in [0.1, 0.15) is 11.6 Å². The second kappa shape index (κ2) is 4.95. The molecule has 2 rings (SSSR count). The number of hydrogen-bond donors (Lipinski definition) is 2. The van der Waals surface area contributed by atoms with Crippen LogP contribution in [-0.2, 0) is 4.79 Å². The first-order valence-electron chi connectivity index (χ1n) is 5.52. The highest BCUT2D eigenvalue weighted by Crippen LogP contribution is 2.25. The van der Waals surface area contributed by atoms with Crippen LogP contribution >= 0.6 is 0 Å². The molecule has 18 heavy (non-hydrogen) atoms. The highest BCUT2D eigenvalue weighted by Gasteiger charge is 2.33. The number of amides is 2. The van der Waals surface area contributed by atoms with Gasteiger partial charge in [-0.15, -0.1) is 0 Å². The Labute approximate surface area is 104 Å². The van der Waals surface area contributed by atoms with E-state index >= 15 is 0 Å². The van der Waals surface area contributed by atoms with Crippen molar-refractivity contribution < 1.29 is 19.4 Å². The lowest BCUT2D eigenvalue weighted by atomic mass is 10.1. The zero-order valence-corrected chi connectivity index (χ0v) is 9.92. The number of carbonyl (C=O) groups excluding carboxylic acids is 1. The topological polar surface area (TPSA) is 78.9 Å². The maximum atomic E-state index is 11.5. The Bertz CT molecular complexity index is 458. The Morgan fingerprint density at radius 3 is 2.72 bits per heavy atom. The number of urea groups is 1. The molecule has 6 heteroatoms. The van der Waals surface area contributed by atoms with Crippen molar-refractivity contribution >= 4 is 12.0 Å². The summed E-state index contributed by atoms with van der Waals surface area (Å²) in [7, 11) is 1.58. The van der Waals surface area contributed by atoms with Gasteiger partial charge in [-0.05, 0) is 17.7 Å². The average Bonchev–Trinajstić information content (AvgIpc) is 2.71. The molecule has 0 bridgehead atoms. The summed E-state index contributed by atoms with van der Waals surface area (Å²) < 4.78 is 5.05. The standard InChI is InChI=1S/C12H14N2O4/c1-18-9-4-2-8(3-5-9)10-6-13-12(17)14(10)7-11(15)16/h2-5,10H,6-7H2,1H3,(H,13,17)(H,15,16). The number of benzene rings is 1. The van der Waals surface area contributed by atoms with Crippen LogP contribution in [0.2, 0.25) is 0 Å². The highest BCUT2D eigenvalue weighted by atomic mass is 16.5. The van der Waals surface area contributed by atoms with E-state index in [1.54, 1.807) is 19.2 Å². The fraction of sp³-hybridized carbons (Fsp3) is 0.333. The van der Waals surface area contributed by atoms with Gasteiger partial charge in [0.1, 0.15) is 12.3 Å². The average molecular weight is 250 g/mol. The summed E-state index contributed by atoms with van der Waals surface area (Å²) in [5.74, 6) is -0.300. The first-order valence-corrected chi connectivity index (χ1v) is 5.52. The van der Waals surface area contributed by atoms with E-state index in [9.17, 15) is 9.59 Å². The van der Waals surface area contributed by atoms with E-state index < -0.39 is 5.97 Å². The van der Waals surface area contributed by atoms with Crippen LogP contribution in [0.25, 0.3) is 0 Å². The molecule has 0 aromatic heterocycles. The van der Waals surface area contributed by atoms with Gasteiger partial charge in [0.2, 0.25) is 0 Å². The Kier molecular flexibility index (Phi) is 3.36. The number of methoxy groups -OCH3 is 1. The lowest BCUT2D eigenvalue weighted by Gasteiger charge is -2.21. The lowest BCUT2D eigenvalue weighted by molar-refractivity contribution is -0.137. The molecule has 1 heterocycles. The molecule has 0 aliphatic carbocycles. The van der Waals surface area contributed by atoms with Crippen molar-refractivity contribution in [1.29, 1.82) is 0 Å². The minimum atomic E-state index is -1.02. The summed E-state index contributed by atoms with van der Waals surface area (Å²) in [5.41, 5.74) is 0.885. The lowest BCUT2D eigenvalue weighted by Crippen LogP contribution is -2.34. The van der Waals surface area contributed by atoms with E-state index in [4.69, 9.17) is 9.84 Å². The van der Waals surface area contributed by atoms with E-state index in [0.29, 0.717) is 6.54 Å². The molecular formula is C12H14N2O4. The molecule has 0 saturated carbocycles. The third kappa shape index (κ3) is 2.37.